The first kappa shape index (κ1) is 8.62. The summed E-state index contributed by atoms with van der Waals surface area (Å²) in [5.41, 5.74) is 8.67. The van der Waals surface area contributed by atoms with Gasteiger partial charge in [-0.15, -0.1) is 0 Å². The third kappa shape index (κ3) is 1.31. The van der Waals surface area contributed by atoms with Crippen LogP contribution in [0.2, 0.25) is 0 Å². The summed E-state index contributed by atoms with van der Waals surface area (Å²) in [5.74, 6) is 6.02. The van der Waals surface area contributed by atoms with Crippen LogP contribution in [0.5, 0.6) is 0 Å². The van der Waals surface area contributed by atoms with Crippen LogP contribution in [0.25, 0.3) is 11.3 Å². The zero-order valence-electron chi connectivity index (χ0n) is 7.94. The average Bonchev–Trinajstić information content (AvgIpc) is 2.50. The number of nitrogens with two attached hydrogens (primary N) is 2. The summed E-state index contributed by atoms with van der Waals surface area (Å²) in [6.45, 7) is 2.04. The predicted octanol–water partition coefficient (Wildman–Crippen LogP) is 1.15. The van der Waals surface area contributed by atoms with Crippen LogP contribution in [0.3, 0.4) is 0 Å². The SMILES string of the molecule is Cc1ccc(-c2ncn(N)c2N)cc1. The van der Waals surface area contributed by atoms with Crippen LogP contribution in [-0.4, -0.2) is 9.66 Å². The predicted molar refractivity (Wildman–Crippen MR) is 57.0 cm³/mol. The van der Waals surface area contributed by atoms with Gasteiger partial charge in [-0.1, -0.05) is 29.8 Å². The number of aromatic nitrogens is 2. The highest BCUT2D eigenvalue weighted by Gasteiger charge is 2.07. The van der Waals surface area contributed by atoms with Crippen molar-refractivity contribution in [2.45, 2.75) is 6.92 Å². The highest BCUT2D eigenvalue weighted by molar-refractivity contribution is 5.70. The summed E-state index contributed by atoms with van der Waals surface area (Å²) >= 11 is 0. The fraction of sp³-hybridized carbons (Fsp3) is 0.100. The summed E-state index contributed by atoms with van der Waals surface area (Å²) in [6.07, 6.45) is 1.50. The van der Waals surface area contributed by atoms with Crippen LogP contribution >= 0.6 is 0 Å². The van der Waals surface area contributed by atoms with Gasteiger partial charge < -0.3 is 11.6 Å². The van der Waals surface area contributed by atoms with Gasteiger partial charge in [0, 0.05) is 5.56 Å². The van der Waals surface area contributed by atoms with E-state index in [0.29, 0.717) is 5.82 Å². The Morgan fingerprint density at radius 3 is 2.36 bits per heavy atom. The van der Waals surface area contributed by atoms with Crippen molar-refractivity contribution in [3.05, 3.63) is 36.2 Å². The Bertz CT molecular complexity index is 442. The maximum Gasteiger partial charge on any atom is 0.150 e. The normalized spacial score (nSPS) is 10.4. The molecule has 4 nitrogen and oxygen atoms in total. The molecule has 1 aromatic carbocycles. The second-order valence-corrected chi connectivity index (χ2v) is 3.25. The number of nitrogen functional groups attached to an aromatic ring is 2. The zero-order chi connectivity index (χ0) is 10.1. The Balaban J connectivity index is 2.49. The molecule has 1 aromatic heterocycles. The monoisotopic (exact) mass is 188 g/mol. The van der Waals surface area contributed by atoms with Crippen molar-refractivity contribution in [3.8, 4) is 11.3 Å². The molecule has 2 rings (SSSR count). The fourth-order valence-corrected chi connectivity index (χ4v) is 1.30. The number of nitrogens with zero attached hydrogens (tertiary/aromatic N) is 2. The van der Waals surface area contributed by atoms with Crippen LogP contribution in [0.15, 0.2) is 30.6 Å². The standard InChI is InChI=1S/C10H12N4/c1-7-2-4-8(5-3-7)9-10(11)14(12)6-13-9/h2-6H,11-12H2,1H3. The van der Waals surface area contributed by atoms with Crippen LogP contribution in [-0.2, 0) is 0 Å². The largest absolute Gasteiger partial charge is 0.382 e. The molecule has 0 saturated carbocycles. The summed E-state index contributed by atoms with van der Waals surface area (Å²) in [5, 5.41) is 0. The maximum atomic E-state index is 5.75. The zero-order valence-corrected chi connectivity index (χ0v) is 7.94. The van der Waals surface area contributed by atoms with Gasteiger partial charge in [-0.3, -0.25) is 0 Å². The van der Waals surface area contributed by atoms with E-state index in [9.17, 15) is 0 Å². The van der Waals surface area contributed by atoms with Crippen molar-refractivity contribution >= 4 is 5.82 Å². The van der Waals surface area contributed by atoms with Gasteiger partial charge >= 0.3 is 0 Å². The van der Waals surface area contributed by atoms with Crippen molar-refractivity contribution in [2.75, 3.05) is 11.6 Å². The lowest BCUT2D eigenvalue weighted by Gasteiger charge is -2.00. The molecule has 1 heterocycles. The first-order valence-corrected chi connectivity index (χ1v) is 4.33. The third-order valence-electron chi connectivity index (χ3n) is 2.16. The lowest BCUT2D eigenvalue weighted by Crippen LogP contribution is -2.09. The summed E-state index contributed by atoms with van der Waals surface area (Å²) in [4.78, 5) is 4.13. The highest BCUT2D eigenvalue weighted by Crippen LogP contribution is 2.22. The minimum atomic E-state index is 0.480. The number of aryl methyl sites for hydroxylation is 1. The fourth-order valence-electron chi connectivity index (χ4n) is 1.30. The minimum Gasteiger partial charge on any atom is -0.382 e. The second kappa shape index (κ2) is 3.06. The Morgan fingerprint density at radius 2 is 1.86 bits per heavy atom. The van der Waals surface area contributed by atoms with Gasteiger partial charge in [0.1, 0.15) is 17.8 Å². The molecule has 4 heteroatoms. The topological polar surface area (TPSA) is 69.9 Å². The second-order valence-electron chi connectivity index (χ2n) is 3.25. The van der Waals surface area contributed by atoms with Crippen molar-refractivity contribution < 1.29 is 0 Å². The molecule has 72 valence electrons. The third-order valence-corrected chi connectivity index (χ3v) is 2.16. The molecule has 0 aliphatic carbocycles. The molecule has 2 aromatic rings. The Labute approximate surface area is 82.1 Å². The number of benzene rings is 1. The molecular weight excluding hydrogens is 176 g/mol. The smallest absolute Gasteiger partial charge is 0.150 e. The number of hydrogen-bond donors (Lipinski definition) is 2. The van der Waals surface area contributed by atoms with Crippen LogP contribution in [0, 0.1) is 6.92 Å². The van der Waals surface area contributed by atoms with Crippen molar-refractivity contribution in [2.24, 2.45) is 0 Å². The van der Waals surface area contributed by atoms with E-state index in [1.807, 2.05) is 31.2 Å². The first-order valence-electron chi connectivity index (χ1n) is 4.33. The number of anilines is 1. The molecule has 0 spiro atoms. The van der Waals surface area contributed by atoms with E-state index < -0.39 is 0 Å². The molecule has 4 N–H and O–H groups in total. The van der Waals surface area contributed by atoms with Gasteiger partial charge in [-0.05, 0) is 6.92 Å². The van der Waals surface area contributed by atoms with E-state index >= 15 is 0 Å². The van der Waals surface area contributed by atoms with Crippen molar-refractivity contribution in [1.29, 1.82) is 0 Å². The number of imidazole rings is 1. The van der Waals surface area contributed by atoms with Crippen molar-refractivity contribution in [1.82, 2.24) is 9.66 Å². The van der Waals surface area contributed by atoms with Crippen LogP contribution in [0.1, 0.15) is 5.56 Å². The Hall–Kier alpha value is -1.97. The molecule has 0 aliphatic heterocycles. The van der Waals surface area contributed by atoms with Gasteiger partial charge in [0.05, 0.1) is 0 Å². The van der Waals surface area contributed by atoms with E-state index in [-0.39, 0.29) is 0 Å². The molecule has 0 saturated heterocycles. The lowest BCUT2D eigenvalue weighted by atomic mass is 10.1. The molecule has 14 heavy (non-hydrogen) atoms. The number of rotatable bonds is 1. The van der Waals surface area contributed by atoms with Gasteiger partial charge in [-0.2, -0.15) is 0 Å². The molecule has 0 radical (unpaired) electrons. The average molecular weight is 188 g/mol. The van der Waals surface area contributed by atoms with E-state index in [4.69, 9.17) is 11.6 Å². The molecule has 0 fully saturated rings. The van der Waals surface area contributed by atoms with Crippen LogP contribution < -0.4 is 11.6 Å². The van der Waals surface area contributed by atoms with Crippen molar-refractivity contribution in [3.63, 3.8) is 0 Å². The van der Waals surface area contributed by atoms with Gasteiger partial charge in [0.25, 0.3) is 0 Å². The molecule has 0 bridgehead atoms. The first-order chi connectivity index (χ1) is 6.68. The molecule has 0 atom stereocenters. The van der Waals surface area contributed by atoms with E-state index in [1.165, 1.54) is 16.6 Å². The Kier molecular flexibility index (Phi) is 1.89. The van der Waals surface area contributed by atoms with E-state index in [1.54, 1.807) is 0 Å². The van der Waals surface area contributed by atoms with Gasteiger partial charge in [0.2, 0.25) is 0 Å². The molecular formula is C10H12N4. The summed E-state index contributed by atoms with van der Waals surface area (Å²) < 4.78 is 1.31. The molecule has 0 aliphatic rings. The summed E-state index contributed by atoms with van der Waals surface area (Å²) in [6, 6.07) is 8.00. The number of hydrogen-bond acceptors (Lipinski definition) is 3. The highest BCUT2D eigenvalue weighted by atomic mass is 15.3. The van der Waals surface area contributed by atoms with Crippen LogP contribution in [0.4, 0.5) is 5.82 Å². The molecule has 0 amide bonds. The Morgan fingerprint density at radius 1 is 1.21 bits per heavy atom. The van der Waals surface area contributed by atoms with E-state index in [0.717, 1.165) is 11.3 Å². The van der Waals surface area contributed by atoms with Gasteiger partial charge in [0.15, 0.2) is 0 Å². The summed E-state index contributed by atoms with van der Waals surface area (Å²) in [7, 11) is 0. The molecule has 0 unspecified atom stereocenters. The minimum absolute atomic E-state index is 0.480. The maximum absolute atomic E-state index is 5.75. The van der Waals surface area contributed by atoms with E-state index in [2.05, 4.69) is 4.98 Å². The van der Waals surface area contributed by atoms with Gasteiger partial charge in [-0.25, -0.2) is 9.66 Å². The lowest BCUT2D eigenvalue weighted by molar-refractivity contribution is 1.01. The quantitative estimate of drug-likeness (QED) is 0.659.